The van der Waals surface area contributed by atoms with Crippen molar-refractivity contribution in [3.8, 4) is 0 Å². The summed E-state index contributed by atoms with van der Waals surface area (Å²) in [5.74, 6) is -1.05. The minimum atomic E-state index is -0.597. The second-order valence-electron chi connectivity index (χ2n) is 3.09. The van der Waals surface area contributed by atoms with Gasteiger partial charge in [0.25, 0.3) is 11.8 Å². The Morgan fingerprint density at radius 3 is 2.71 bits per heavy atom. The molecule has 2 aromatic heterocycles. The molecule has 0 saturated heterocycles. The number of anilines is 1. The minimum absolute atomic E-state index is 0.000295. The van der Waals surface area contributed by atoms with E-state index >= 15 is 0 Å². The van der Waals surface area contributed by atoms with E-state index in [1.807, 2.05) is 0 Å². The molecule has 3 N–H and O–H groups in total. The van der Waals surface area contributed by atoms with Crippen LogP contribution in [-0.4, -0.2) is 11.8 Å². The zero-order valence-corrected chi connectivity index (χ0v) is 9.97. The Morgan fingerprint density at radius 1 is 1.35 bits per heavy atom. The number of carbonyl (C=O) groups is 2. The van der Waals surface area contributed by atoms with Crippen LogP contribution in [0.3, 0.4) is 0 Å². The summed E-state index contributed by atoms with van der Waals surface area (Å²) < 4.78 is 4.80. The molecule has 88 valence electrons. The van der Waals surface area contributed by atoms with Crippen molar-refractivity contribution >= 4 is 39.8 Å². The molecule has 0 radical (unpaired) electrons. The normalized spacial score (nSPS) is 10.2. The highest BCUT2D eigenvalue weighted by Gasteiger charge is 2.17. The van der Waals surface area contributed by atoms with E-state index in [9.17, 15) is 9.59 Å². The molecule has 5 nitrogen and oxygen atoms in total. The maximum absolute atomic E-state index is 11.8. The molecule has 17 heavy (non-hydrogen) atoms. The molecule has 0 aliphatic carbocycles. The highest BCUT2D eigenvalue weighted by atomic mass is 35.5. The second kappa shape index (κ2) is 4.60. The first kappa shape index (κ1) is 11.7. The summed E-state index contributed by atoms with van der Waals surface area (Å²) in [6, 6.07) is 2.98. The van der Waals surface area contributed by atoms with Crippen molar-refractivity contribution < 1.29 is 14.0 Å². The molecule has 0 aromatic carbocycles. The lowest BCUT2D eigenvalue weighted by Crippen LogP contribution is -2.16. The molecular formula is C10H7ClN2O3S. The monoisotopic (exact) mass is 270 g/mol. The van der Waals surface area contributed by atoms with Crippen molar-refractivity contribution in [3.63, 3.8) is 0 Å². The van der Waals surface area contributed by atoms with E-state index in [2.05, 4.69) is 5.32 Å². The fourth-order valence-corrected chi connectivity index (χ4v) is 2.21. The topological polar surface area (TPSA) is 85.3 Å². The standard InChI is InChI=1S/C10H7ClN2O3S/c11-7-5(1-3-16-7)9(15)13-10-6(8(12)14)2-4-17-10/h1-4H,(H2,12,14)(H,13,15). The lowest BCUT2D eigenvalue weighted by Gasteiger charge is -2.02. The third-order valence-electron chi connectivity index (χ3n) is 2.02. The molecule has 0 unspecified atom stereocenters. The molecule has 0 aliphatic rings. The van der Waals surface area contributed by atoms with Crippen LogP contribution in [0.15, 0.2) is 28.2 Å². The maximum Gasteiger partial charge on any atom is 0.261 e. The Hall–Kier alpha value is -1.79. The van der Waals surface area contributed by atoms with Crippen molar-refractivity contribution in [1.29, 1.82) is 0 Å². The number of hydrogen-bond acceptors (Lipinski definition) is 4. The highest BCUT2D eigenvalue weighted by Crippen LogP contribution is 2.25. The first-order chi connectivity index (χ1) is 8.09. The predicted octanol–water partition coefficient (Wildman–Crippen LogP) is 2.35. The summed E-state index contributed by atoms with van der Waals surface area (Å²) in [6.07, 6.45) is 1.31. The predicted molar refractivity (Wildman–Crippen MR) is 64.5 cm³/mol. The fraction of sp³-hybridized carbons (Fsp3) is 0. The van der Waals surface area contributed by atoms with Crippen molar-refractivity contribution in [2.75, 3.05) is 5.32 Å². The summed E-state index contributed by atoms with van der Waals surface area (Å²) in [6.45, 7) is 0. The van der Waals surface area contributed by atoms with Gasteiger partial charge in [-0.25, -0.2) is 0 Å². The van der Waals surface area contributed by atoms with Gasteiger partial charge in [-0.05, 0) is 29.1 Å². The first-order valence-corrected chi connectivity index (χ1v) is 5.77. The lowest BCUT2D eigenvalue weighted by atomic mass is 10.3. The fourth-order valence-electron chi connectivity index (χ4n) is 1.23. The van der Waals surface area contributed by atoms with E-state index in [0.717, 1.165) is 0 Å². The zero-order valence-electron chi connectivity index (χ0n) is 8.40. The largest absolute Gasteiger partial charge is 0.452 e. The first-order valence-electron chi connectivity index (χ1n) is 4.51. The lowest BCUT2D eigenvalue weighted by molar-refractivity contribution is 0.100. The smallest absolute Gasteiger partial charge is 0.261 e. The van der Waals surface area contributed by atoms with Gasteiger partial charge in [-0.15, -0.1) is 11.3 Å². The molecule has 0 spiro atoms. The molecule has 0 saturated carbocycles. The van der Waals surface area contributed by atoms with Gasteiger partial charge < -0.3 is 15.5 Å². The Morgan fingerprint density at radius 2 is 2.12 bits per heavy atom. The summed E-state index contributed by atoms with van der Waals surface area (Å²) in [5, 5.41) is 4.60. The number of thiophene rings is 1. The summed E-state index contributed by atoms with van der Waals surface area (Å²) in [4.78, 5) is 22.8. The summed E-state index contributed by atoms with van der Waals surface area (Å²) in [7, 11) is 0. The van der Waals surface area contributed by atoms with Gasteiger partial charge in [0.2, 0.25) is 5.22 Å². The second-order valence-corrected chi connectivity index (χ2v) is 4.35. The van der Waals surface area contributed by atoms with Gasteiger partial charge in [-0.3, -0.25) is 9.59 Å². The zero-order chi connectivity index (χ0) is 12.4. The van der Waals surface area contributed by atoms with Crippen molar-refractivity contribution in [2.24, 2.45) is 5.73 Å². The van der Waals surface area contributed by atoms with Gasteiger partial charge in [0.1, 0.15) is 5.00 Å². The number of nitrogens with one attached hydrogen (secondary N) is 1. The molecule has 2 rings (SSSR count). The number of furan rings is 1. The number of halogens is 1. The molecule has 0 atom stereocenters. The van der Waals surface area contributed by atoms with Crippen LogP contribution in [0.25, 0.3) is 0 Å². The Balaban J connectivity index is 2.22. The average molecular weight is 271 g/mol. The molecule has 7 heteroatoms. The van der Waals surface area contributed by atoms with Crippen molar-refractivity contribution in [2.45, 2.75) is 0 Å². The van der Waals surface area contributed by atoms with Crippen LogP contribution in [0.1, 0.15) is 20.7 Å². The van der Waals surface area contributed by atoms with Crippen molar-refractivity contribution in [3.05, 3.63) is 40.1 Å². The van der Waals surface area contributed by atoms with Gasteiger partial charge in [0, 0.05) is 0 Å². The van der Waals surface area contributed by atoms with Crippen LogP contribution in [0.4, 0.5) is 5.00 Å². The van der Waals surface area contributed by atoms with Crippen LogP contribution in [-0.2, 0) is 0 Å². The summed E-state index contributed by atoms with van der Waals surface area (Å²) >= 11 is 6.86. The van der Waals surface area contributed by atoms with E-state index in [1.54, 1.807) is 11.4 Å². The van der Waals surface area contributed by atoms with Crippen LogP contribution in [0.2, 0.25) is 5.22 Å². The Kier molecular flexibility index (Phi) is 3.16. The maximum atomic E-state index is 11.8. The van der Waals surface area contributed by atoms with Crippen LogP contribution < -0.4 is 11.1 Å². The molecule has 0 bridgehead atoms. The Labute approximate surface area is 105 Å². The average Bonchev–Trinajstić information content (AvgIpc) is 2.86. The minimum Gasteiger partial charge on any atom is -0.452 e. The van der Waals surface area contributed by atoms with Gasteiger partial charge >= 0.3 is 0 Å². The van der Waals surface area contributed by atoms with E-state index in [0.29, 0.717) is 5.00 Å². The number of amides is 2. The van der Waals surface area contributed by atoms with E-state index in [1.165, 1.54) is 23.7 Å². The van der Waals surface area contributed by atoms with E-state index in [4.69, 9.17) is 21.8 Å². The molecule has 2 amide bonds. The molecule has 2 heterocycles. The number of nitrogens with two attached hydrogens (primary N) is 1. The third-order valence-corrected chi connectivity index (χ3v) is 3.14. The third kappa shape index (κ3) is 2.32. The number of primary amides is 1. The van der Waals surface area contributed by atoms with Gasteiger partial charge in [0.15, 0.2) is 0 Å². The summed E-state index contributed by atoms with van der Waals surface area (Å²) in [5.41, 5.74) is 5.63. The molecular weight excluding hydrogens is 264 g/mol. The van der Waals surface area contributed by atoms with Gasteiger partial charge in [-0.2, -0.15) is 0 Å². The quantitative estimate of drug-likeness (QED) is 0.898. The Bertz CT molecular complexity index is 576. The number of rotatable bonds is 3. The van der Waals surface area contributed by atoms with Gasteiger partial charge in [-0.1, -0.05) is 0 Å². The number of hydrogen-bond donors (Lipinski definition) is 2. The number of carbonyl (C=O) groups excluding carboxylic acids is 2. The van der Waals surface area contributed by atoms with Crippen LogP contribution in [0.5, 0.6) is 0 Å². The molecule has 2 aromatic rings. The SMILES string of the molecule is NC(=O)c1ccsc1NC(=O)c1ccoc1Cl. The van der Waals surface area contributed by atoms with E-state index < -0.39 is 11.8 Å². The highest BCUT2D eigenvalue weighted by molar-refractivity contribution is 7.14. The van der Waals surface area contributed by atoms with E-state index in [-0.39, 0.29) is 16.3 Å². The molecule has 0 fully saturated rings. The van der Waals surface area contributed by atoms with Crippen molar-refractivity contribution in [1.82, 2.24) is 0 Å². The van der Waals surface area contributed by atoms with Crippen LogP contribution in [0, 0.1) is 0 Å². The van der Waals surface area contributed by atoms with Gasteiger partial charge in [0.05, 0.1) is 17.4 Å². The van der Waals surface area contributed by atoms with Crippen LogP contribution >= 0.6 is 22.9 Å². The molecule has 0 aliphatic heterocycles.